The number of esters is 1. The maximum absolute atomic E-state index is 11.8. The fourth-order valence-electron chi connectivity index (χ4n) is 2.90. The Morgan fingerprint density at radius 1 is 1.35 bits per heavy atom. The fraction of sp³-hybridized carbons (Fsp3) is 0.444. The highest BCUT2D eigenvalue weighted by Gasteiger charge is 2.30. The molecule has 23 heavy (non-hydrogen) atoms. The zero-order valence-corrected chi connectivity index (χ0v) is 13.9. The monoisotopic (exact) mass is 318 g/mol. The number of phenols is 1. The number of ether oxygens (including phenoxy) is 1. The second-order valence-electron chi connectivity index (χ2n) is 6.20. The molecule has 0 unspecified atom stereocenters. The third-order valence-electron chi connectivity index (χ3n) is 4.55. The van der Waals surface area contributed by atoms with Gasteiger partial charge in [-0.25, -0.2) is 4.79 Å². The van der Waals surface area contributed by atoms with Crippen molar-refractivity contribution in [2.24, 2.45) is 5.92 Å². The number of carboxylic acid groups (broad SMARTS) is 1. The number of benzene rings is 1. The maximum Gasteiger partial charge on any atom is 0.342 e. The first-order valence-electron chi connectivity index (χ1n) is 7.63. The second kappa shape index (κ2) is 6.44. The molecule has 0 saturated heterocycles. The minimum absolute atomic E-state index is 0.0130. The van der Waals surface area contributed by atoms with Gasteiger partial charge in [-0.15, -0.1) is 0 Å². The van der Waals surface area contributed by atoms with E-state index in [-0.39, 0.29) is 17.9 Å². The maximum atomic E-state index is 11.8. The van der Waals surface area contributed by atoms with Gasteiger partial charge in [0, 0.05) is 11.1 Å². The SMILES string of the molecule is CC(=CCc1c(C)c(C)c2c(c1O)C(=O)OC2)C[C@H](C)C(=O)O. The topological polar surface area (TPSA) is 83.8 Å². The summed E-state index contributed by atoms with van der Waals surface area (Å²) in [5.41, 5.74) is 4.57. The van der Waals surface area contributed by atoms with Gasteiger partial charge >= 0.3 is 11.9 Å². The number of hydrogen-bond donors (Lipinski definition) is 2. The van der Waals surface area contributed by atoms with Crippen LogP contribution in [-0.4, -0.2) is 22.2 Å². The first-order valence-corrected chi connectivity index (χ1v) is 7.63. The molecule has 1 heterocycles. The van der Waals surface area contributed by atoms with E-state index in [0.29, 0.717) is 18.4 Å². The van der Waals surface area contributed by atoms with Crippen LogP contribution in [0, 0.1) is 19.8 Å². The lowest BCUT2D eigenvalue weighted by Gasteiger charge is -2.14. The van der Waals surface area contributed by atoms with Crippen LogP contribution in [0.1, 0.15) is 52.9 Å². The van der Waals surface area contributed by atoms with Gasteiger partial charge in [-0.05, 0) is 44.7 Å². The molecule has 2 N–H and O–H groups in total. The van der Waals surface area contributed by atoms with Gasteiger partial charge in [0.15, 0.2) is 0 Å². The number of carboxylic acids is 1. The van der Waals surface area contributed by atoms with Gasteiger partial charge < -0.3 is 14.9 Å². The number of phenolic OH excluding ortho intramolecular Hbond substituents is 1. The Kier molecular flexibility index (Phi) is 4.78. The van der Waals surface area contributed by atoms with Gasteiger partial charge in [-0.3, -0.25) is 4.79 Å². The Balaban J connectivity index is 2.31. The van der Waals surface area contributed by atoms with Gasteiger partial charge in [0.25, 0.3) is 0 Å². The molecule has 1 aromatic rings. The third kappa shape index (κ3) is 3.23. The van der Waals surface area contributed by atoms with E-state index in [0.717, 1.165) is 22.3 Å². The number of carbonyl (C=O) groups excluding carboxylic acids is 1. The molecule has 2 rings (SSSR count). The molecule has 5 heteroatoms. The highest BCUT2D eigenvalue weighted by atomic mass is 16.5. The molecule has 1 atom stereocenters. The van der Waals surface area contributed by atoms with Crippen molar-refractivity contribution in [3.05, 3.63) is 39.5 Å². The van der Waals surface area contributed by atoms with E-state index < -0.39 is 17.9 Å². The fourth-order valence-corrected chi connectivity index (χ4v) is 2.90. The van der Waals surface area contributed by atoms with Crippen molar-refractivity contribution < 1.29 is 24.5 Å². The largest absolute Gasteiger partial charge is 0.507 e. The first kappa shape index (κ1) is 17.1. The standard InChI is InChI=1S/C18H22O5/c1-9(7-10(2)17(20)21)5-6-13-11(3)12(4)14-8-23-18(22)15(14)16(13)19/h5,10,19H,6-8H2,1-4H3,(H,20,21)/t10-/m0/s1. The van der Waals surface area contributed by atoms with Crippen LogP contribution in [0.15, 0.2) is 11.6 Å². The summed E-state index contributed by atoms with van der Waals surface area (Å²) in [4.78, 5) is 22.7. The summed E-state index contributed by atoms with van der Waals surface area (Å²) in [6.07, 6.45) is 2.83. The summed E-state index contributed by atoms with van der Waals surface area (Å²) in [7, 11) is 0. The summed E-state index contributed by atoms with van der Waals surface area (Å²) in [6, 6.07) is 0. The van der Waals surface area contributed by atoms with Crippen LogP contribution in [0.4, 0.5) is 0 Å². The number of hydrogen-bond acceptors (Lipinski definition) is 4. The smallest absolute Gasteiger partial charge is 0.342 e. The van der Waals surface area contributed by atoms with Crippen LogP contribution in [0.5, 0.6) is 5.75 Å². The predicted molar refractivity (Wildman–Crippen MR) is 85.6 cm³/mol. The van der Waals surface area contributed by atoms with Crippen LogP contribution < -0.4 is 0 Å². The normalized spacial score (nSPS) is 15.3. The summed E-state index contributed by atoms with van der Waals surface area (Å²) in [5.74, 6) is -1.77. The highest BCUT2D eigenvalue weighted by Crippen LogP contribution is 2.37. The number of rotatable bonds is 5. The second-order valence-corrected chi connectivity index (χ2v) is 6.20. The zero-order valence-electron chi connectivity index (χ0n) is 13.9. The lowest BCUT2D eigenvalue weighted by Crippen LogP contribution is -2.09. The molecule has 0 spiro atoms. The summed E-state index contributed by atoms with van der Waals surface area (Å²) < 4.78 is 5.02. The molecule has 0 fully saturated rings. The number of cyclic esters (lactones) is 1. The Labute approximate surface area is 135 Å². The minimum Gasteiger partial charge on any atom is -0.507 e. The molecule has 124 valence electrons. The van der Waals surface area contributed by atoms with E-state index >= 15 is 0 Å². The van der Waals surface area contributed by atoms with Gasteiger partial charge in [-0.1, -0.05) is 18.6 Å². The summed E-state index contributed by atoms with van der Waals surface area (Å²) in [6.45, 7) is 7.58. The molecule has 0 aromatic heterocycles. The van der Waals surface area contributed by atoms with Crippen molar-refractivity contribution in [1.29, 1.82) is 0 Å². The van der Waals surface area contributed by atoms with Gasteiger partial charge in [0.05, 0.1) is 5.92 Å². The van der Waals surface area contributed by atoms with Crippen molar-refractivity contribution in [2.75, 3.05) is 0 Å². The molecule has 0 saturated carbocycles. The first-order chi connectivity index (χ1) is 10.7. The van der Waals surface area contributed by atoms with E-state index in [2.05, 4.69) is 0 Å². The summed E-state index contributed by atoms with van der Waals surface area (Å²) in [5, 5.41) is 19.4. The quantitative estimate of drug-likeness (QED) is 0.643. The summed E-state index contributed by atoms with van der Waals surface area (Å²) >= 11 is 0. The van der Waals surface area contributed by atoms with E-state index in [1.807, 2.05) is 26.8 Å². The molecule has 0 amide bonds. The average molecular weight is 318 g/mol. The van der Waals surface area contributed by atoms with Crippen molar-refractivity contribution in [1.82, 2.24) is 0 Å². The number of carbonyl (C=O) groups is 2. The lowest BCUT2D eigenvalue weighted by atomic mass is 9.90. The number of allylic oxidation sites excluding steroid dienone is 2. The Bertz CT molecular complexity index is 700. The molecule has 0 radical (unpaired) electrons. The number of aliphatic carboxylic acids is 1. The predicted octanol–water partition coefficient (Wildman–Crippen LogP) is 3.28. The molecule has 0 bridgehead atoms. The minimum atomic E-state index is -0.826. The van der Waals surface area contributed by atoms with Crippen molar-refractivity contribution in [2.45, 2.75) is 47.1 Å². The highest BCUT2D eigenvalue weighted by molar-refractivity contribution is 5.97. The Morgan fingerprint density at radius 2 is 2.00 bits per heavy atom. The van der Waals surface area contributed by atoms with Crippen molar-refractivity contribution >= 4 is 11.9 Å². The molecular formula is C18H22O5. The van der Waals surface area contributed by atoms with E-state index in [9.17, 15) is 14.7 Å². The average Bonchev–Trinajstić information content (AvgIpc) is 2.86. The van der Waals surface area contributed by atoms with Crippen molar-refractivity contribution in [3.8, 4) is 5.75 Å². The van der Waals surface area contributed by atoms with Crippen LogP contribution in [0.2, 0.25) is 0 Å². The van der Waals surface area contributed by atoms with Crippen LogP contribution in [-0.2, 0) is 22.6 Å². The molecule has 1 aromatic carbocycles. The van der Waals surface area contributed by atoms with Gasteiger partial charge in [0.2, 0.25) is 0 Å². The molecular weight excluding hydrogens is 296 g/mol. The van der Waals surface area contributed by atoms with Crippen LogP contribution in [0.25, 0.3) is 0 Å². The Morgan fingerprint density at radius 3 is 2.61 bits per heavy atom. The third-order valence-corrected chi connectivity index (χ3v) is 4.55. The zero-order chi connectivity index (χ0) is 17.3. The molecule has 1 aliphatic rings. The van der Waals surface area contributed by atoms with Crippen molar-refractivity contribution in [3.63, 3.8) is 0 Å². The van der Waals surface area contributed by atoms with Gasteiger partial charge in [-0.2, -0.15) is 0 Å². The van der Waals surface area contributed by atoms with E-state index in [1.54, 1.807) is 6.92 Å². The van der Waals surface area contributed by atoms with E-state index in [4.69, 9.17) is 9.84 Å². The van der Waals surface area contributed by atoms with Crippen LogP contribution in [0.3, 0.4) is 0 Å². The van der Waals surface area contributed by atoms with Crippen LogP contribution >= 0.6 is 0 Å². The van der Waals surface area contributed by atoms with Gasteiger partial charge in [0.1, 0.15) is 17.9 Å². The number of aromatic hydroxyl groups is 1. The van der Waals surface area contributed by atoms with E-state index in [1.165, 1.54) is 0 Å². The molecule has 5 nitrogen and oxygen atoms in total. The lowest BCUT2D eigenvalue weighted by molar-refractivity contribution is -0.141. The molecule has 0 aliphatic carbocycles. The molecule has 1 aliphatic heterocycles. The Hall–Kier alpha value is -2.30. The number of fused-ring (bicyclic) bond motifs is 1.